The number of carbonyl (C=O) groups excluding carboxylic acids is 2. The second kappa shape index (κ2) is 10.0. The van der Waals surface area contributed by atoms with E-state index in [1.807, 2.05) is 58.0 Å². The normalized spacial score (nSPS) is 17.9. The Bertz CT molecular complexity index is 1040. The standard InChI is InChI=1S/C26H31NO5/c1-6-32-21-11-10-19(15-20(21)16(2)3)24(28)22-23(18-9-7-8-17(4)14-18)27(12-13-31-5)26(30)25(22)29/h7-11,14-16,23,28H,6,12-13H2,1-5H3/b24-22-. The molecule has 32 heavy (non-hydrogen) atoms. The molecule has 1 aliphatic rings. The van der Waals surface area contributed by atoms with E-state index in [9.17, 15) is 14.7 Å². The second-order valence-electron chi connectivity index (χ2n) is 8.24. The van der Waals surface area contributed by atoms with E-state index in [1.54, 1.807) is 19.2 Å². The summed E-state index contributed by atoms with van der Waals surface area (Å²) in [5.74, 6) is -0.606. The summed E-state index contributed by atoms with van der Waals surface area (Å²) in [4.78, 5) is 27.4. The first kappa shape index (κ1) is 23.5. The highest BCUT2D eigenvalue weighted by molar-refractivity contribution is 6.46. The van der Waals surface area contributed by atoms with Gasteiger partial charge in [0.25, 0.3) is 11.7 Å². The van der Waals surface area contributed by atoms with Gasteiger partial charge in [-0.05, 0) is 49.1 Å². The van der Waals surface area contributed by atoms with E-state index in [4.69, 9.17) is 9.47 Å². The Morgan fingerprint density at radius 3 is 2.53 bits per heavy atom. The molecule has 0 spiro atoms. The Morgan fingerprint density at radius 1 is 1.16 bits per heavy atom. The van der Waals surface area contributed by atoms with Gasteiger partial charge in [0.05, 0.1) is 24.8 Å². The summed E-state index contributed by atoms with van der Waals surface area (Å²) in [5.41, 5.74) is 3.28. The van der Waals surface area contributed by atoms with Gasteiger partial charge in [0.15, 0.2) is 0 Å². The van der Waals surface area contributed by atoms with Crippen LogP contribution in [0.2, 0.25) is 0 Å². The third kappa shape index (κ3) is 4.55. The quantitative estimate of drug-likeness (QED) is 0.372. The Morgan fingerprint density at radius 2 is 1.91 bits per heavy atom. The SMILES string of the molecule is CCOc1ccc(/C(O)=C2/C(=O)C(=O)N(CCOC)C2c2cccc(C)c2)cc1C(C)C. The number of hydrogen-bond acceptors (Lipinski definition) is 5. The van der Waals surface area contributed by atoms with E-state index < -0.39 is 17.7 Å². The number of rotatable bonds is 8. The summed E-state index contributed by atoms with van der Waals surface area (Å²) >= 11 is 0. The molecule has 2 aromatic rings. The van der Waals surface area contributed by atoms with Gasteiger partial charge >= 0.3 is 0 Å². The fraction of sp³-hybridized carbons (Fsp3) is 0.385. The van der Waals surface area contributed by atoms with Gasteiger partial charge < -0.3 is 19.5 Å². The predicted octanol–water partition coefficient (Wildman–Crippen LogP) is 4.59. The van der Waals surface area contributed by atoms with E-state index >= 15 is 0 Å². The van der Waals surface area contributed by atoms with Crippen molar-refractivity contribution in [1.29, 1.82) is 0 Å². The second-order valence-corrected chi connectivity index (χ2v) is 8.24. The number of ketones is 1. The van der Waals surface area contributed by atoms with Gasteiger partial charge in [-0.2, -0.15) is 0 Å². The van der Waals surface area contributed by atoms with Crippen molar-refractivity contribution in [3.8, 4) is 5.75 Å². The summed E-state index contributed by atoms with van der Waals surface area (Å²) in [6.45, 7) is 9.01. The summed E-state index contributed by atoms with van der Waals surface area (Å²) in [6.07, 6.45) is 0. The van der Waals surface area contributed by atoms with Crippen LogP contribution in [0.1, 0.15) is 55.0 Å². The first-order chi connectivity index (χ1) is 15.3. The van der Waals surface area contributed by atoms with E-state index in [1.165, 1.54) is 4.90 Å². The highest BCUT2D eigenvalue weighted by atomic mass is 16.5. The average Bonchev–Trinajstić information content (AvgIpc) is 3.02. The fourth-order valence-corrected chi connectivity index (χ4v) is 4.08. The van der Waals surface area contributed by atoms with E-state index in [0.29, 0.717) is 12.2 Å². The Balaban J connectivity index is 2.18. The number of ether oxygens (including phenoxy) is 2. The van der Waals surface area contributed by atoms with Crippen LogP contribution >= 0.6 is 0 Å². The predicted molar refractivity (Wildman–Crippen MR) is 124 cm³/mol. The number of carbonyl (C=O) groups is 2. The molecule has 0 saturated carbocycles. The van der Waals surface area contributed by atoms with Crippen molar-refractivity contribution < 1.29 is 24.2 Å². The van der Waals surface area contributed by atoms with Crippen LogP contribution in [0.3, 0.4) is 0 Å². The van der Waals surface area contributed by atoms with Gasteiger partial charge in [-0.3, -0.25) is 9.59 Å². The molecule has 170 valence electrons. The molecular weight excluding hydrogens is 406 g/mol. The molecule has 1 atom stereocenters. The molecule has 6 nitrogen and oxygen atoms in total. The lowest BCUT2D eigenvalue weighted by molar-refractivity contribution is -0.140. The molecule has 1 unspecified atom stereocenters. The highest BCUT2D eigenvalue weighted by Gasteiger charge is 2.45. The summed E-state index contributed by atoms with van der Waals surface area (Å²) in [5, 5.41) is 11.3. The maximum Gasteiger partial charge on any atom is 0.295 e. The van der Waals surface area contributed by atoms with Gasteiger partial charge in [0.1, 0.15) is 11.5 Å². The molecular formula is C26H31NO5. The molecule has 1 amide bonds. The number of methoxy groups -OCH3 is 1. The fourth-order valence-electron chi connectivity index (χ4n) is 4.08. The first-order valence-corrected chi connectivity index (χ1v) is 10.9. The van der Waals surface area contributed by atoms with E-state index in [0.717, 1.165) is 22.4 Å². The number of aliphatic hydroxyl groups is 1. The highest BCUT2D eigenvalue weighted by Crippen LogP contribution is 2.40. The van der Waals surface area contributed by atoms with Crippen molar-refractivity contribution in [2.24, 2.45) is 0 Å². The minimum absolute atomic E-state index is 0.0931. The molecule has 1 fully saturated rings. The molecule has 1 aliphatic heterocycles. The number of hydrogen-bond donors (Lipinski definition) is 1. The molecule has 6 heteroatoms. The summed E-state index contributed by atoms with van der Waals surface area (Å²) in [6, 6.07) is 12.3. The lowest BCUT2D eigenvalue weighted by Crippen LogP contribution is -2.32. The van der Waals surface area contributed by atoms with Gasteiger partial charge in [-0.25, -0.2) is 0 Å². The largest absolute Gasteiger partial charge is 0.507 e. The summed E-state index contributed by atoms with van der Waals surface area (Å²) < 4.78 is 10.9. The molecule has 0 aliphatic carbocycles. The Kier molecular flexibility index (Phi) is 7.36. The number of amides is 1. The zero-order valence-electron chi connectivity index (χ0n) is 19.3. The van der Waals surface area contributed by atoms with Crippen LogP contribution in [0.25, 0.3) is 5.76 Å². The first-order valence-electron chi connectivity index (χ1n) is 10.9. The molecule has 2 aromatic carbocycles. The van der Waals surface area contributed by atoms with Crippen molar-refractivity contribution >= 4 is 17.4 Å². The number of nitrogens with zero attached hydrogens (tertiary/aromatic N) is 1. The maximum atomic E-state index is 13.1. The van der Waals surface area contributed by atoms with Crippen molar-refractivity contribution in [3.05, 3.63) is 70.3 Å². The molecule has 0 radical (unpaired) electrons. The topological polar surface area (TPSA) is 76.1 Å². The van der Waals surface area contributed by atoms with Crippen LogP contribution in [0.15, 0.2) is 48.0 Å². The number of aliphatic hydroxyl groups excluding tert-OH is 1. The molecule has 0 aromatic heterocycles. The average molecular weight is 438 g/mol. The van der Waals surface area contributed by atoms with Crippen molar-refractivity contribution in [2.45, 2.75) is 39.7 Å². The van der Waals surface area contributed by atoms with Gasteiger partial charge in [-0.1, -0.05) is 43.7 Å². The third-order valence-corrected chi connectivity index (χ3v) is 5.64. The Hall–Kier alpha value is -3.12. The summed E-state index contributed by atoms with van der Waals surface area (Å²) in [7, 11) is 1.55. The van der Waals surface area contributed by atoms with Crippen molar-refractivity contribution in [3.63, 3.8) is 0 Å². The van der Waals surface area contributed by atoms with Crippen molar-refractivity contribution in [2.75, 3.05) is 26.9 Å². The van der Waals surface area contributed by atoms with E-state index in [-0.39, 0.29) is 30.4 Å². The number of likely N-dealkylation sites (tertiary alicyclic amines) is 1. The minimum atomic E-state index is -0.690. The Labute approximate surface area is 189 Å². The lowest BCUT2D eigenvalue weighted by atomic mass is 9.92. The maximum absolute atomic E-state index is 13.1. The monoisotopic (exact) mass is 437 g/mol. The minimum Gasteiger partial charge on any atom is -0.507 e. The lowest BCUT2D eigenvalue weighted by Gasteiger charge is -2.25. The van der Waals surface area contributed by atoms with Crippen LogP contribution in [0, 0.1) is 6.92 Å². The van der Waals surface area contributed by atoms with Crippen LogP contribution in [-0.2, 0) is 14.3 Å². The van der Waals surface area contributed by atoms with Gasteiger partial charge in [-0.15, -0.1) is 0 Å². The van der Waals surface area contributed by atoms with Crippen LogP contribution in [-0.4, -0.2) is 48.6 Å². The molecule has 1 N–H and O–H groups in total. The smallest absolute Gasteiger partial charge is 0.295 e. The van der Waals surface area contributed by atoms with Gasteiger partial charge in [0, 0.05) is 19.2 Å². The zero-order chi connectivity index (χ0) is 23.4. The van der Waals surface area contributed by atoms with Gasteiger partial charge in [0.2, 0.25) is 0 Å². The van der Waals surface area contributed by atoms with Crippen LogP contribution in [0.5, 0.6) is 5.75 Å². The number of benzene rings is 2. The third-order valence-electron chi connectivity index (χ3n) is 5.64. The van der Waals surface area contributed by atoms with Crippen molar-refractivity contribution in [1.82, 2.24) is 4.90 Å². The molecule has 1 saturated heterocycles. The number of Topliss-reactive ketones (excluding diaryl/α,β-unsaturated/α-hetero) is 1. The number of aryl methyl sites for hydroxylation is 1. The molecule has 0 bridgehead atoms. The molecule has 1 heterocycles. The van der Waals surface area contributed by atoms with E-state index in [2.05, 4.69) is 0 Å². The van der Waals surface area contributed by atoms with Crippen LogP contribution < -0.4 is 4.74 Å². The zero-order valence-corrected chi connectivity index (χ0v) is 19.3. The molecule has 3 rings (SSSR count). The van der Waals surface area contributed by atoms with Crippen LogP contribution in [0.4, 0.5) is 0 Å².